The van der Waals surface area contributed by atoms with Gasteiger partial charge in [0.2, 0.25) is 0 Å². The number of aromatic nitrogens is 2. The summed E-state index contributed by atoms with van der Waals surface area (Å²) < 4.78 is 1.27. The molecule has 0 saturated heterocycles. The van der Waals surface area contributed by atoms with Gasteiger partial charge in [-0.2, -0.15) is 9.78 Å². The Kier molecular flexibility index (Phi) is 3.49. The van der Waals surface area contributed by atoms with Crippen molar-refractivity contribution < 1.29 is 4.92 Å². The fourth-order valence-corrected chi connectivity index (χ4v) is 2.10. The minimum absolute atomic E-state index is 0.0169. The van der Waals surface area contributed by atoms with E-state index in [0.717, 1.165) is 0 Å². The van der Waals surface area contributed by atoms with Gasteiger partial charge in [-0.15, -0.1) is 0 Å². The fourth-order valence-electron chi connectivity index (χ4n) is 2.10. The highest BCUT2D eigenvalue weighted by Gasteiger charge is 2.09. The van der Waals surface area contributed by atoms with Crippen molar-refractivity contribution in [2.45, 2.75) is 0 Å². The van der Waals surface area contributed by atoms with E-state index in [2.05, 4.69) is 5.10 Å². The first-order valence-electron chi connectivity index (χ1n) is 6.56. The Balaban J connectivity index is 2.12. The molecule has 0 bridgehead atoms. The highest BCUT2D eigenvalue weighted by molar-refractivity contribution is 5.62. The van der Waals surface area contributed by atoms with Gasteiger partial charge in [0.25, 0.3) is 11.2 Å². The maximum Gasteiger partial charge on any atom is 0.271 e. The van der Waals surface area contributed by atoms with Crippen molar-refractivity contribution in [1.82, 2.24) is 9.78 Å². The standard InChI is InChI=1S/C16H11N3O3/c20-16-10-9-15(12-5-4-8-14(11-12)19(21)22)17-18(16)13-6-2-1-3-7-13/h1-11H. The molecule has 108 valence electrons. The Morgan fingerprint density at radius 2 is 1.73 bits per heavy atom. The lowest BCUT2D eigenvalue weighted by Crippen LogP contribution is -2.20. The SMILES string of the molecule is O=c1ccc(-c2cccc([N+](=O)[O-])c2)nn1-c1ccccc1. The third-order valence-electron chi connectivity index (χ3n) is 3.15. The minimum Gasteiger partial charge on any atom is -0.267 e. The van der Waals surface area contributed by atoms with E-state index >= 15 is 0 Å². The topological polar surface area (TPSA) is 78.0 Å². The number of rotatable bonds is 3. The van der Waals surface area contributed by atoms with E-state index in [4.69, 9.17) is 0 Å². The molecule has 0 atom stereocenters. The van der Waals surface area contributed by atoms with Crippen molar-refractivity contribution in [3.63, 3.8) is 0 Å². The molecule has 2 aromatic carbocycles. The summed E-state index contributed by atoms with van der Waals surface area (Å²) in [5, 5.41) is 15.2. The molecule has 22 heavy (non-hydrogen) atoms. The molecule has 0 aliphatic heterocycles. The molecule has 0 aliphatic carbocycles. The Morgan fingerprint density at radius 1 is 0.955 bits per heavy atom. The average molecular weight is 293 g/mol. The third kappa shape index (κ3) is 2.62. The highest BCUT2D eigenvalue weighted by Crippen LogP contribution is 2.21. The molecule has 0 saturated carbocycles. The molecule has 0 unspecified atom stereocenters. The zero-order chi connectivity index (χ0) is 15.5. The van der Waals surface area contributed by atoms with Crippen LogP contribution >= 0.6 is 0 Å². The van der Waals surface area contributed by atoms with Crippen molar-refractivity contribution in [2.24, 2.45) is 0 Å². The van der Waals surface area contributed by atoms with E-state index in [1.165, 1.54) is 22.9 Å². The predicted molar refractivity (Wildman–Crippen MR) is 81.9 cm³/mol. The number of nitro benzene ring substituents is 1. The minimum atomic E-state index is -0.462. The van der Waals surface area contributed by atoms with Crippen molar-refractivity contribution in [1.29, 1.82) is 0 Å². The van der Waals surface area contributed by atoms with E-state index in [-0.39, 0.29) is 11.2 Å². The van der Waals surface area contributed by atoms with Gasteiger partial charge in [-0.1, -0.05) is 30.3 Å². The van der Waals surface area contributed by atoms with Gasteiger partial charge in [-0.3, -0.25) is 14.9 Å². The Bertz CT molecular complexity index is 888. The molecule has 0 spiro atoms. The number of hydrogen-bond donors (Lipinski definition) is 0. The number of hydrogen-bond acceptors (Lipinski definition) is 4. The molecule has 0 aliphatic rings. The maximum atomic E-state index is 12.0. The molecule has 1 heterocycles. The molecule has 0 fully saturated rings. The van der Waals surface area contributed by atoms with Gasteiger partial charge in [0.15, 0.2) is 0 Å². The summed E-state index contributed by atoms with van der Waals surface area (Å²) in [5.41, 5.74) is 1.43. The van der Waals surface area contributed by atoms with Crippen molar-refractivity contribution in [3.05, 3.63) is 87.2 Å². The zero-order valence-electron chi connectivity index (χ0n) is 11.4. The third-order valence-corrected chi connectivity index (χ3v) is 3.15. The first-order valence-corrected chi connectivity index (χ1v) is 6.56. The molecule has 0 radical (unpaired) electrons. The highest BCUT2D eigenvalue weighted by atomic mass is 16.6. The Labute approximate surface area is 125 Å². The van der Waals surface area contributed by atoms with Crippen LogP contribution in [0.1, 0.15) is 0 Å². The number of nitrogens with zero attached hydrogens (tertiary/aromatic N) is 3. The zero-order valence-corrected chi connectivity index (χ0v) is 11.4. The summed E-state index contributed by atoms with van der Waals surface area (Å²) in [6.07, 6.45) is 0. The molecule has 0 amide bonds. The molecule has 1 aromatic heterocycles. The number of para-hydroxylation sites is 1. The summed E-state index contributed by atoms with van der Waals surface area (Å²) in [6.45, 7) is 0. The smallest absolute Gasteiger partial charge is 0.267 e. The largest absolute Gasteiger partial charge is 0.271 e. The van der Waals surface area contributed by atoms with Crippen LogP contribution < -0.4 is 5.56 Å². The normalized spacial score (nSPS) is 10.4. The molecule has 3 rings (SSSR count). The molecule has 0 N–H and O–H groups in total. The van der Waals surface area contributed by atoms with Gasteiger partial charge < -0.3 is 0 Å². The maximum absolute atomic E-state index is 12.0. The van der Waals surface area contributed by atoms with Crippen LogP contribution in [0.5, 0.6) is 0 Å². The van der Waals surface area contributed by atoms with Crippen LogP contribution in [0.15, 0.2) is 71.5 Å². The van der Waals surface area contributed by atoms with Crippen LogP contribution in [0.4, 0.5) is 5.69 Å². The first-order chi connectivity index (χ1) is 10.6. The number of non-ortho nitro benzene ring substituents is 1. The predicted octanol–water partition coefficient (Wildman–Crippen LogP) is 2.81. The molecular formula is C16H11N3O3. The molecule has 6 nitrogen and oxygen atoms in total. The fraction of sp³-hybridized carbons (Fsp3) is 0. The molecule has 6 heteroatoms. The lowest BCUT2D eigenvalue weighted by Gasteiger charge is -2.07. The van der Waals surface area contributed by atoms with Gasteiger partial charge in [0.1, 0.15) is 0 Å². The Hall–Kier alpha value is -3.28. The molecular weight excluding hydrogens is 282 g/mol. The second-order valence-electron chi connectivity index (χ2n) is 4.61. The van der Waals surface area contributed by atoms with E-state index in [1.807, 2.05) is 18.2 Å². The summed E-state index contributed by atoms with van der Waals surface area (Å²) >= 11 is 0. The van der Waals surface area contributed by atoms with Crippen LogP contribution in [0.25, 0.3) is 16.9 Å². The van der Waals surface area contributed by atoms with Crippen LogP contribution in [0, 0.1) is 10.1 Å². The first kappa shape index (κ1) is 13.7. The van der Waals surface area contributed by atoms with Crippen molar-refractivity contribution in [3.8, 4) is 16.9 Å². The van der Waals surface area contributed by atoms with Crippen molar-refractivity contribution in [2.75, 3.05) is 0 Å². The lowest BCUT2D eigenvalue weighted by molar-refractivity contribution is -0.384. The monoisotopic (exact) mass is 293 g/mol. The quantitative estimate of drug-likeness (QED) is 0.549. The van der Waals surface area contributed by atoms with E-state index in [9.17, 15) is 14.9 Å². The second kappa shape index (κ2) is 5.61. The van der Waals surface area contributed by atoms with Gasteiger partial charge >= 0.3 is 0 Å². The summed E-state index contributed by atoms with van der Waals surface area (Å²) in [6, 6.07) is 18.1. The lowest BCUT2D eigenvalue weighted by atomic mass is 10.1. The van der Waals surface area contributed by atoms with Gasteiger partial charge in [-0.25, -0.2) is 0 Å². The Morgan fingerprint density at radius 3 is 2.45 bits per heavy atom. The van der Waals surface area contributed by atoms with E-state index < -0.39 is 4.92 Å². The average Bonchev–Trinajstić information content (AvgIpc) is 2.56. The summed E-state index contributed by atoms with van der Waals surface area (Å²) in [5.74, 6) is 0. The van der Waals surface area contributed by atoms with Gasteiger partial charge in [0.05, 0.1) is 16.3 Å². The van der Waals surface area contributed by atoms with E-state index in [1.54, 1.807) is 30.3 Å². The van der Waals surface area contributed by atoms with E-state index in [0.29, 0.717) is 16.9 Å². The number of nitro groups is 1. The van der Waals surface area contributed by atoms with Crippen LogP contribution in [0.3, 0.4) is 0 Å². The summed E-state index contributed by atoms with van der Waals surface area (Å²) in [7, 11) is 0. The molecule has 3 aromatic rings. The van der Waals surface area contributed by atoms with Gasteiger partial charge in [0, 0.05) is 23.8 Å². The van der Waals surface area contributed by atoms with Crippen LogP contribution in [-0.2, 0) is 0 Å². The summed E-state index contributed by atoms with van der Waals surface area (Å²) in [4.78, 5) is 22.4. The number of benzene rings is 2. The van der Waals surface area contributed by atoms with Crippen molar-refractivity contribution >= 4 is 5.69 Å². The van der Waals surface area contributed by atoms with Crippen LogP contribution in [0.2, 0.25) is 0 Å². The van der Waals surface area contributed by atoms with Gasteiger partial charge in [-0.05, 0) is 18.2 Å². The second-order valence-corrected chi connectivity index (χ2v) is 4.61. The van der Waals surface area contributed by atoms with Crippen LogP contribution in [-0.4, -0.2) is 14.7 Å².